The molecular weight excluding hydrogens is 261 g/mol. The van der Waals surface area contributed by atoms with Crippen LogP contribution in [0, 0.1) is 10.6 Å². The van der Waals surface area contributed by atoms with Crippen LogP contribution in [0.2, 0.25) is 0 Å². The van der Waals surface area contributed by atoms with E-state index in [1.807, 2.05) is 30.3 Å². The summed E-state index contributed by atoms with van der Waals surface area (Å²) in [4.78, 5) is 7.16. The minimum absolute atomic E-state index is 0.309. The highest BCUT2D eigenvalue weighted by atomic mass is 32.1. The molecule has 1 aromatic heterocycles. The Labute approximate surface area is 114 Å². The molecule has 0 atom stereocenters. The highest BCUT2D eigenvalue weighted by Crippen LogP contribution is 2.23. The molecule has 0 aliphatic carbocycles. The first-order valence-electron chi connectivity index (χ1n) is 5.74. The lowest BCUT2D eigenvalue weighted by Gasteiger charge is -2.08. The Bertz CT molecular complexity index is 784. The van der Waals surface area contributed by atoms with Crippen molar-refractivity contribution in [2.75, 3.05) is 5.32 Å². The minimum atomic E-state index is -0.309. The van der Waals surface area contributed by atoms with Gasteiger partial charge in [-0.25, -0.2) is 9.37 Å². The summed E-state index contributed by atoms with van der Waals surface area (Å²) in [6.45, 7) is 0. The first-order valence-corrected chi connectivity index (χ1v) is 6.15. The van der Waals surface area contributed by atoms with Crippen molar-refractivity contribution in [3.8, 4) is 0 Å². The average Bonchev–Trinajstić information content (AvgIpc) is 2.41. The molecule has 19 heavy (non-hydrogen) atoms. The van der Waals surface area contributed by atoms with Gasteiger partial charge in [-0.1, -0.05) is 18.2 Å². The van der Waals surface area contributed by atoms with E-state index < -0.39 is 0 Å². The van der Waals surface area contributed by atoms with E-state index in [0.29, 0.717) is 16.0 Å². The maximum atomic E-state index is 13.4. The number of benzene rings is 2. The highest BCUT2D eigenvalue weighted by Gasteiger charge is 2.05. The van der Waals surface area contributed by atoms with E-state index in [-0.39, 0.29) is 5.82 Å². The third-order valence-corrected chi connectivity index (χ3v) is 2.92. The number of para-hydroxylation sites is 1. The van der Waals surface area contributed by atoms with Gasteiger partial charge < -0.3 is 10.3 Å². The summed E-state index contributed by atoms with van der Waals surface area (Å²) in [6, 6.07) is 14.0. The van der Waals surface area contributed by atoms with E-state index >= 15 is 0 Å². The summed E-state index contributed by atoms with van der Waals surface area (Å²) >= 11 is 5.08. The Kier molecular flexibility index (Phi) is 2.97. The van der Waals surface area contributed by atoms with Crippen LogP contribution in [0.5, 0.6) is 0 Å². The summed E-state index contributed by atoms with van der Waals surface area (Å²) in [5, 5.41) is 3.81. The Morgan fingerprint density at radius 3 is 2.68 bits per heavy atom. The first-order chi connectivity index (χ1) is 9.22. The smallest absolute Gasteiger partial charge is 0.199 e. The topological polar surface area (TPSA) is 40.7 Å². The molecule has 0 saturated heterocycles. The van der Waals surface area contributed by atoms with Gasteiger partial charge >= 0.3 is 0 Å². The number of nitrogens with one attached hydrogen (secondary N) is 2. The lowest BCUT2D eigenvalue weighted by atomic mass is 10.2. The van der Waals surface area contributed by atoms with Crippen molar-refractivity contribution in [3.05, 3.63) is 59.1 Å². The molecule has 3 nitrogen and oxygen atoms in total. The standard InChI is InChI=1S/C14H10FN3S/c15-9-6-7-12-11(8-9)13(18-14(19)17-12)16-10-4-2-1-3-5-10/h1-8H,(H2,16,17,18,19). The van der Waals surface area contributed by atoms with Gasteiger partial charge in [0.1, 0.15) is 11.6 Å². The summed E-state index contributed by atoms with van der Waals surface area (Å²) < 4.78 is 13.7. The molecule has 0 aliphatic rings. The van der Waals surface area contributed by atoms with Crippen molar-refractivity contribution in [1.29, 1.82) is 0 Å². The van der Waals surface area contributed by atoms with Crippen LogP contribution in [0.15, 0.2) is 48.5 Å². The van der Waals surface area contributed by atoms with Gasteiger partial charge in [0.05, 0.1) is 5.52 Å². The first kappa shape index (κ1) is 11.8. The lowest BCUT2D eigenvalue weighted by molar-refractivity contribution is 0.629. The van der Waals surface area contributed by atoms with Gasteiger partial charge in [-0.3, -0.25) is 0 Å². The molecule has 2 aromatic carbocycles. The van der Waals surface area contributed by atoms with Gasteiger partial charge in [0.15, 0.2) is 4.77 Å². The van der Waals surface area contributed by atoms with Crippen LogP contribution in [-0.2, 0) is 0 Å². The molecule has 0 fully saturated rings. The van der Waals surface area contributed by atoms with Gasteiger partial charge in [0.25, 0.3) is 0 Å². The quantitative estimate of drug-likeness (QED) is 0.687. The second-order valence-electron chi connectivity index (χ2n) is 4.07. The van der Waals surface area contributed by atoms with E-state index in [9.17, 15) is 4.39 Å². The van der Waals surface area contributed by atoms with E-state index in [0.717, 1.165) is 11.2 Å². The van der Waals surface area contributed by atoms with E-state index in [1.54, 1.807) is 6.07 Å². The van der Waals surface area contributed by atoms with Crippen LogP contribution < -0.4 is 5.32 Å². The zero-order chi connectivity index (χ0) is 13.2. The number of aromatic nitrogens is 2. The number of anilines is 2. The zero-order valence-electron chi connectivity index (χ0n) is 9.85. The van der Waals surface area contributed by atoms with E-state index in [1.165, 1.54) is 12.1 Å². The van der Waals surface area contributed by atoms with Gasteiger partial charge in [-0.2, -0.15) is 0 Å². The predicted molar refractivity (Wildman–Crippen MR) is 76.6 cm³/mol. The maximum absolute atomic E-state index is 13.4. The van der Waals surface area contributed by atoms with Crippen molar-refractivity contribution in [3.63, 3.8) is 0 Å². The maximum Gasteiger partial charge on any atom is 0.199 e. The Morgan fingerprint density at radius 2 is 1.89 bits per heavy atom. The number of aromatic amines is 1. The third-order valence-electron chi connectivity index (χ3n) is 2.73. The van der Waals surface area contributed by atoms with Crippen molar-refractivity contribution < 1.29 is 4.39 Å². The minimum Gasteiger partial charge on any atom is -0.340 e. The Hall–Kier alpha value is -2.27. The zero-order valence-corrected chi connectivity index (χ0v) is 10.7. The van der Waals surface area contributed by atoms with Crippen LogP contribution in [0.3, 0.4) is 0 Å². The number of H-pyrrole nitrogens is 1. The number of hydrogen-bond donors (Lipinski definition) is 2. The second-order valence-corrected chi connectivity index (χ2v) is 4.46. The molecule has 0 saturated carbocycles. The van der Waals surface area contributed by atoms with Gasteiger partial charge in [0.2, 0.25) is 0 Å². The summed E-state index contributed by atoms with van der Waals surface area (Å²) in [6.07, 6.45) is 0. The van der Waals surface area contributed by atoms with Gasteiger partial charge in [-0.05, 0) is 42.5 Å². The number of halogens is 1. The molecule has 0 amide bonds. The molecular formula is C14H10FN3S. The van der Waals surface area contributed by atoms with Crippen molar-refractivity contribution in [1.82, 2.24) is 9.97 Å². The Balaban J connectivity index is 2.17. The molecule has 2 N–H and O–H groups in total. The molecule has 3 aromatic rings. The predicted octanol–water partition coefficient (Wildman–Crippen LogP) is 4.18. The molecule has 5 heteroatoms. The van der Waals surface area contributed by atoms with Crippen LogP contribution in [0.4, 0.5) is 15.9 Å². The SMILES string of the molecule is Fc1ccc2[nH]c(=S)nc(Nc3ccccc3)c2c1. The number of nitrogens with zero attached hydrogens (tertiary/aromatic N) is 1. The molecule has 3 rings (SSSR count). The molecule has 0 spiro atoms. The van der Waals surface area contributed by atoms with Gasteiger partial charge in [-0.15, -0.1) is 0 Å². The second kappa shape index (κ2) is 4.78. The molecule has 0 aliphatic heterocycles. The molecule has 0 bridgehead atoms. The normalized spacial score (nSPS) is 10.6. The number of fused-ring (bicyclic) bond motifs is 1. The Morgan fingerprint density at radius 1 is 1.11 bits per heavy atom. The van der Waals surface area contributed by atoms with Gasteiger partial charge in [0, 0.05) is 11.1 Å². The highest BCUT2D eigenvalue weighted by molar-refractivity contribution is 7.71. The van der Waals surface area contributed by atoms with E-state index in [2.05, 4.69) is 15.3 Å². The average molecular weight is 271 g/mol. The number of rotatable bonds is 2. The number of hydrogen-bond acceptors (Lipinski definition) is 3. The molecule has 94 valence electrons. The van der Waals surface area contributed by atoms with Crippen LogP contribution >= 0.6 is 12.2 Å². The molecule has 1 heterocycles. The summed E-state index contributed by atoms with van der Waals surface area (Å²) in [7, 11) is 0. The largest absolute Gasteiger partial charge is 0.340 e. The molecule has 0 unspecified atom stereocenters. The van der Waals surface area contributed by atoms with E-state index in [4.69, 9.17) is 12.2 Å². The van der Waals surface area contributed by atoms with Crippen molar-refractivity contribution in [2.24, 2.45) is 0 Å². The fourth-order valence-corrected chi connectivity index (χ4v) is 2.08. The van der Waals surface area contributed by atoms with Crippen LogP contribution in [0.1, 0.15) is 0 Å². The summed E-state index contributed by atoms with van der Waals surface area (Å²) in [5.74, 6) is 0.236. The fraction of sp³-hybridized carbons (Fsp3) is 0. The summed E-state index contributed by atoms with van der Waals surface area (Å²) in [5.41, 5.74) is 1.63. The lowest BCUT2D eigenvalue weighted by Crippen LogP contribution is -1.97. The monoisotopic (exact) mass is 271 g/mol. The van der Waals surface area contributed by atoms with Crippen molar-refractivity contribution in [2.45, 2.75) is 0 Å². The third kappa shape index (κ3) is 2.46. The molecule has 0 radical (unpaired) electrons. The van der Waals surface area contributed by atoms with Crippen LogP contribution in [0.25, 0.3) is 10.9 Å². The fourth-order valence-electron chi connectivity index (χ4n) is 1.88. The van der Waals surface area contributed by atoms with Crippen LogP contribution in [-0.4, -0.2) is 9.97 Å². The van der Waals surface area contributed by atoms with Crippen molar-refractivity contribution >= 4 is 34.6 Å².